The Labute approximate surface area is 456 Å². The van der Waals surface area contributed by atoms with E-state index in [-0.39, 0.29) is 25.9 Å². The Bertz CT molecular complexity index is 1540. The molecule has 0 bridgehead atoms. The van der Waals surface area contributed by atoms with Crippen molar-refractivity contribution in [2.75, 3.05) is 13.2 Å². The predicted molar refractivity (Wildman–Crippen MR) is 303 cm³/mol. The number of hydrogen-bond donors (Lipinski definition) is 3. The minimum absolute atomic E-state index is 0.0488. The largest absolute Gasteiger partial charge is 0.479 e. The molecule has 12 nitrogen and oxygen atoms in total. The summed E-state index contributed by atoms with van der Waals surface area (Å²) in [5, 5.41) is 31.5. The van der Waals surface area contributed by atoms with Crippen LogP contribution in [0.5, 0.6) is 0 Å². The summed E-state index contributed by atoms with van der Waals surface area (Å²) in [5.74, 6) is -3.15. The molecule has 0 spiro atoms. The van der Waals surface area contributed by atoms with Crippen LogP contribution in [0.2, 0.25) is 0 Å². The number of allylic oxidation sites excluding steroid dienone is 10. The normalized spacial score (nSPS) is 18.5. The van der Waals surface area contributed by atoms with Gasteiger partial charge in [-0.1, -0.05) is 204 Å². The van der Waals surface area contributed by atoms with E-state index in [2.05, 4.69) is 81.5 Å². The number of carboxylic acid groups (broad SMARTS) is 1. The molecule has 1 fully saturated rings. The maximum absolute atomic E-state index is 13.1. The average Bonchev–Trinajstić information content (AvgIpc) is 3.39. The first kappa shape index (κ1) is 69.4. The summed E-state index contributed by atoms with van der Waals surface area (Å²) in [4.78, 5) is 51.1. The van der Waals surface area contributed by atoms with Gasteiger partial charge in [0.1, 0.15) is 18.8 Å². The van der Waals surface area contributed by atoms with Crippen LogP contribution in [0.15, 0.2) is 60.8 Å². The van der Waals surface area contributed by atoms with E-state index >= 15 is 0 Å². The molecule has 0 aromatic heterocycles. The van der Waals surface area contributed by atoms with E-state index in [4.69, 9.17) is 23.7 Å². The molecule has 0 aromatic rings. The van der Waals surface area contributed by atoms with Gasteiger partial charge in [-0.2, -0.15) is 0 Å². The molecule has 12 heteroatoms. The lowest BCUT2D eigenvalue weighted by molar-refractivity contribution is -0.301. The second-order valence-electron chi connectivity index (χ2n) is 20.6. The van der Waals surface area contributed by atoms with Crippen LogP contribution in [-0.4, -0.2) is 89.2 Å². The minimum Gasteiger partial charge on any atom is -0.479 e. The van der Waals surface area contributed by atoms with Crippen molar-refractivity contribution >= 4 is 23.9 Å². The lowest BCUT2D eigenvalue weighted by Crippen LogP contribution is -2.61. The second kappa shape index (κ2) is 51.2. The Hall–Kier alpha value is -3.58. The van der Waals surface area contributed by atoms with Crippen molar-refractivity contribution in [1.29, 1.82) is 0 Å². The van der Waals surface area contributed by atoms with Gasteiger partial charge in [-0.3, -0.25) is 14.4 Å². The van der Waals surface area contributed by atoms with Crippen LogP contribution in [0.1, 0.15) is 265 Å². The lowest BCUT2D eigenvalue weighted by atomic mass is 9.98. The molecule has 0 aromatic carbocycles. The third-order valence-corrected chi connectivity index (χ3v) is 13.5. The fourth-order valence-corrected chi connectivity index (χ4v) is 8.84. The van der Waals surface area contributed by atoms with Crippen molar-refractivity contribution in [3.8, 4) is 0 Å². The zero-order valence-corrected chi connectivity index (χ0v) is 47.5. The molecule has 6 atom stereocenters. The van der Waals surface area contributed by atoms with E-state index in [1.165, 1.54) is 57.8 Å². The number of ether oxygens (including phenoxy) is 5. The quantitative estimate of drug-likeness (QED) is 0.0228. The molecule has 1 aliphatic rings. The summed E-state index contributed by atoms with van der Waals surface area (Å²) in [6.07, 6.45) is 50.4. The fraction of sp³-hybridized carbons (Fsp3) is 0.778. The van der Waals surface area contributed by atoms with Crippen LogP contribution in [0.3, 0.4) is 0 Å². The zero-order chi connectivity index (χ0) is 54.7. The lowest BCUT2D eigenvalue weighted by Gasteiger charge is -2.40. The van der Waals surface area contributed by atoms with Gasteiger partial charge in [0.25, 0.3) is 0 Å². The van der Waals surface area contributed by atoms with Crippen LogP contribution >= 0.6 is 0 Å². The van der Waals surface area contributed by atoms with Gasteiger partial charge in [-0.15, -0.1) is 0 Å². The molecule has 3 N–H and O–H groups in total. The summed E-state index contributed by atoms with van der Waals surface area (Å²) in [6, 6.07) is 0. The number of hydrogen-bond acceptors (Lipinski definition) is 11. The first-order valence-electron chi connectivity index (χ1n) is 30.3. The molecule has 1 aliphatic heterocycles. The Morgan fingerprint density at radius 1 is 0.440 bits per heavy atom. The van der Waals surface area contributed by atoms with Crippen molar-refractivity contribution in [3.05, 3.63) is 60.8 Å². The van der Waals surface area contributed by atoms with Gasteiger partial charge in [-0.05, 0) is 103 Å². The maximum Gasteiger partial charge on any atom is 0.335 e. The minimum atomic E-state index is -1.91. The standard InChI is InChI=1S/C63H108O12/c1-4-7-10-13-16-19-22-25-27-28-30-33-36-39-42-45-48-51-57(66)74-61-59(68)58(67)60(62(69)70)75-63(61)72-53-54(73-56(65)50-47-44-41-38-35-31-24-21-18-15-12-9-6-3)52-71-55(64)49-46-43-40-37-34-32-29-26-23-20-17-14-11-8-5-2/h12,15-16,19,21,24-27,29,54,58-61,63,67-68H,4-11,13-14,17-18,20,22-23,28,30-53H2,1-3H3,(H,69,70)/b15-12-,19-16-,24-21-,27-25-,29-26-. The van der Waals surface area contributed by atoms with Gasteiger partial charge in [0, 0.05) is 19.3 Å². The van der Waals surface area contributed by atoms with E-state index in [1.807, 2.05) is 0 Å². The number of aliphatic hydroxyl groups is 2. The summed E-state index contributed by atoms with van der Waals surface area (Å²) in [7, 11) is 0. The Balaban J connectivity index is 2.69. The molecular weight excluding hydrogens is 949 g/mol. The zero-order valence-electron chi connectivity index (χ0n) is 47.5. The third-order valence-electron chi connectivity index (χ3n) is 13.5. The number of esters is 3. The topological polar surface area (TPSA) is 175 Å². The van der Waals surface area contributed by atoms with E-state index in [1.54, 1.807) is 0 Å². The van der Waals surface area contributed by atoms with E-state index < -0.39 is 67.3 Å². The third kappa shape index (κ3) is 41.2. The smallest absolute Gasteiger partial charge is 0.335 e. The summed E-state index contributed by atoms with van der Waals surface area (Å²) < 4.78 is 28.4. The van der Waals surface area contributed by atoms with Gasteiger partial charge in [-0.25, -0.2) is 4.79 Å². The van der Waals surface area contributed by atoms with Gasteiger partial charge >= 0.3 is 23.9 Å². The second-order valence-corrected chi connectivity index (χ2v) is 20.6. The highest BCUT2D eigenvalue weighted by molar-refractivity contribution is 5.74. The van der Waals surface area contributed by atoms with Crippen LogP contribution in [0, 0.1) is 0 Å². The molecular formula is C63H108O12. The molecule has 0 amide bonds. The van der Waals surface area contributed by atoms with Gasteiger partial charge in [0.15, 0.2) is 24.6 Å². The number of carbonyl (C=O) groups is 4. The highest BCUT2D eigenvalue weighted by atomic mass is 16.7. The number of carboxylic acids is 1. The number of carbonyl (C=O) groups excluding carboxylic acids is 3. The van der Waals surface area contributed by atoms with Crippen LogP contribution < -0.4 is 0 Å². The Morgan fingerprint density at radius 3 is 1.29 bits per heavy atom. The Kier molecular flexibility index (Phi) is 47.4. The summed E-state index contributed by atoms with van der Waals surface area (Å²) in [5.41, 5.74) is 0. The average molecular weight is 1060 g/mol. The molecule has 1 rings (SSSR count). The summed E-state index contributed by atoms with van der Waals surface area (Å²) >= 11 is 0. The number of rotatable bonds is 51. The molecule has 0 radical (unpaired) electrons. The SMILES string of the molecule is CCC/C=C\C/C=C\CCCCCCCC(=O)OC(COC(=O)CCCCCCC/C=C\CCCCCCCC)COC1OC(C(=O)O)C(O)C(O)C1OC(=O)CCCCCCCCC/C=C\C/C=C\CCCCC. The molecule has 75 heavy (non-hydrogen) atoms. The van der Waals surface area contributed by atoms with Crippen molar-refractivity contribution in [2.45, 2.75) is 302 Å². The first-order valence-corrected chi connectivity index (χ1v) is 30.3. The monoisotopic (exact) mass is 1060 g/mol. The van der Waals surface area contributed by atoms with Crippen LogP contribution in [-0.2, 0) is 42.9 Å². The van der Waals surface area contributed by atoms with E-state index in [9.17, 15) is 34.5 Å². The first-order chi connectivity index (χ1) is 36.6. The molecule has 1 saturated heterocycles. The van der Waals surface area contributed by atoms with Gasteiger partial charge in [0.2, 0.25) is 0 Å². The number of aliphatic carboxylic acids is 1. The van der Waals surface area contributed by atoms with Crippen LogP contribution in [0.25, 0.3) is 0 Å². The van der Waals surface area contributed by atoms with E-state index in [0.717, 1.165) is 148 Å². The molecule has 6 unspecified atom stereocenters. The molecule has 0 aliphatic carbocycles. The summed E-state index contributed by atoms with van der Waals surface area (Å²) in [6.45, 7) is 5.89. The van der Waals surface area contributed by atoms with Crippen LogP contribution in [0.4, 0.5) is 0 Å². The van der Waals surface area contributed by atoms with Crippen molar-refractivity contribution < 1.29 is 58.2 Å². The van der Waals surface area contributed by atoms with Gasteiger partial charge < -0.3 is 39.0 Å². The molecule has 0 saturated carbocycles. The van der Waals surface area contributed by atoms with Crippen molar-refractivity contribution in [3.63, 3.8) is 0 Å². The van der Waals surface area contributed by atoms with Crippen molar-refractivity contribution in [1.82, 2.24) is 0 Å². The molecule has 432 valence electrons. The predicted octanol–water partition coefficient (Wildman–Crippen LogP) is 15.6. The van der Waals surface area contributed by atoms with Crippen molar-refractivity contribution in [2.24, 2.45) is 0 Å². The Morgan fingerprint density at radius 2 is 0.827 bits per heavy atom. The highest BCUT2D eigenvalue weighted by Gasteiger charge is 2.50. The maximum atomic E-state index is 13.1. The highest BCUT2D eigenvalue weighted by Crippen LogP contribution is 2.26. The number of unbranched alkanes of at least 4 members (excludes halogenated alkanes) is 27. The molecule has 1 heterocycles. The fourth-order valence-electron chi connectivity index (χ4n) is 8.84. The van der Waals surface area contributed by atoms with Gasteiger partial charge in [0.05, 0.1) is 6.61 Å². The number of aliphatic hydroxyl groups excluding tert-OH is 2. The van der Waals surface area contributed by atoms with E-state index in [0.29, 0.717) is 19.3 Å².